The largest absolute Gasteiger partial charge is 0.388 e. The molecule has 0 aliphatic heterocycles. The number of benzene rings is 2. The predicted octanol–water partition coefficient (Wildman–Crippen LogP) is 3.18. The van der Waals surface area contributed by atoms with Crippen molar-refractivity contribution >= 4 is 16.9 Å². The van der Waals surface area contributed by atoms with Gasteiger partial charge in [0.05, 0.1) is 22.7 Å². The van der Waals surface area contributed by atoms with Gasteiger partial charge in [0.1, 0.15) is 0 Å². The van der Waals surface area contributed by atoms with Crippen molar-refractivity contribution in [2.75, 3.05) is 5.75 Å². The Labute approximate surface area is 122 Å². The molecular weight excluding hydrogens is 268 g/mol. The molecule has 2 aromatic carbocycles. The number of aryl methyl sites for hydroxylation is 1. The maximum absolute atomic E-state index is 12.1. The van der Waals surface area contributed by atoms with E-state index in [9.17, 15) is 9.32 Å². The summed E-state index contributed by atoms with van der Waals surface area (Å²) in [4.78, 5) is 0.753. The molecular formula is C17H18O2S. The summed E-state index contributed by atoms with van der Waals surface area (Å²) >= 11 is 0. The molecule has 2 nitrogen and oxygen atoms in total. The van der Waals surface area contributed by atoms with Crippen LogP contribution in [-0.4, -0.2) is 21.2 Å². The van der Waals surface area contributed by atoms with Crippen LogP contribution in [0.5, 0.6) is 0 Å². The number of rotatable bonds is 5. The van der Waals surface area contributed by atoms with Gasteiger partial charge in [0.2, 0.25) is 0 Å². The highest BCUT2D eigenvalue weighted by Gasteiger charge is 2.08. The number of aliphatic hydroxyl groups is 1. The van der Waals surface area contributed by atoms with E-state index in [-0.39, 0.29) is 5.75 Å². The van der Waals surface area contributed by atoms with E-state index in [2.05, 4.69) is 0 Å². The summed E-state index contributed by atoms with van der Waals surface area (Å²) < 4.78 is 12.1. The minimum atomic E-state index is -1.18. The predicted molar refractivity (Wildman–Crippen MR) is 83.9 cm³/mol. The molecule has 104 valence electrons. The average Bonchev–Trinajstić information content (AvgIpc) is 2.47. The van der Waals surface area contributed by atoms with Crippen molar-refractivity contribution < 1.29 is 9.32 Å². The normalized spacial score (nSPS) is 14.3. The fourth-order valence-electron chi connectivity index (χ4n) is 1.78. The first-order valence-electron chi connectivity index (χ1n) is 6.51. The monoisotopic (exact) mass is 286 g/mol. The summed E-state index contributed by atoms with van der Waals surface area (Å²) in [7, 11) is -1.18. The smallest absolute Gasteiger partial charge is 0.0843 e. The molecule has 2 aromatic rings. The van der Waals surface area contributed by atoms with Crippen LogP contribution >= 0.6 is 0 Å². The first-order valence-corrected chi connectivity index (χ1v) is 7.83. The van der Waals surface area contributed by atoms with Gasteiger partial charge in [-0.2, -0.15) is 0 Å². The summed E-state index contributed by atoms with van der Waals surface area (Å²) in [5.74, 6) is 0.215. The average molecular weight is 286 g/mol. The van der Waals surface area contributed by atoms with Crippen molar-refractivity contribution in [2.24, 2.45) is 0 Å². The van der Waals surface area contributed by atoms with Crippen LogP contribution in [0.3, 0.4) is 0 Å². The van der Waals surface area contributed by atoms with E-state index in [4.69, 9.17) is 0 Å². The minimum absolute atomic E-state index is 0.215. The van der Waals surface area contributed by atoms with Crippen LogP contribution in [0.4, 0.5) is 0 Å². The van der Waals surface area contributed by atoms with Gasteiger partial charge in [0.25, 0.3) is 0 Å². The van der Waals surface area contributed by atoms with E-state index in [1.54, 1.807) is 6.08 Å². The highest BCUT2D eigenvalue weighted by Crippen LogP contribution is 2.10. The highest BCUT2D eigenvalue weighted by atomic mass is 32.2. The van der Waals surface area contributed by atoms with Gasteiger partial charge in [0, 0.05) is 4.90 Å². The molecule has 0 saturated heterocycles. The van der Waals surface area contributed by atoms with E-state index in [1.165, 1.54) is 0 Å². The van der Waals surface area contributed by atoms with Gasteiger partial charge in [-0.25, -0.2) is 0 Å². The van der Waals surface area contributed by atoms with Crippen LogP contribution in [0.1, 0.15) is 11.1 Å². The summed E-state index contributed by atoms with van der Waals surface area (Å²) in [5.41, 5.74) is 2.16. The third kappa shape index (κ3) is 4.44. The molecule has 0 aromatic heterocycles. The molecule has 0 bridgehead atoms. The van der Waals surface area contributed by atoms with E-state index in [0.29, 0.717) is 0 Å². The van der Waals surface area contributed by atoms with E-state index >= 15 is 0 Å². The summed E-state index contributed by atoms with van der Waals surface area (Å²) in [6, 6.07) is 17.3. The van der Waals surface area contributed by atoms with Crippen LogP contribution in [0, 0.1) is 6.92 Å². The second kappa shape index (κ2) is 7.17. The number of aliphatic hydroxyl groups excluding tert-OH is 1. The molecule has 0 saturated carbocycles. The van der Waals surface area contributed by atoms with Crippen molar-refractivity contribution in [3.05, 3.63) is 71.8 Å². The molecule has 2 rings (SSSR count). The van der Waals surface area contributed by atoms with Crippen molar-refractivity contribution in [2.45, 2.75) is 17.9 Å². The molecule has 0 fully saturated rings. The van der Waals surface area contributed by atoms with Crippen LogP contribution in [0.15, 0.2) is 65.6 Å². The van der Waals surface area contributed by atoms with Crippen molar-refractivity contribution in [1.82, 2.24) is 0 Å². The molecule has 0 aliphatic rings. The summed E-state index contributed by atoms with van der Waals surface area (Å²) in [6.45, 7) is 1.99. The maximum Gasteiger partial charge on any atom is 0.0843 e. The van der Waals surface area contributed by atoms with Crippen molar-refractivity contribution in [3.8, 4) is 0 Å². The van der Waals surface area contributed by atoms with Crippen LogP contribution in [0.2, 0.25) is 0 Å². The second-order valence-electron chi connectivity index (χ2n) is 4.66. The Balaban J connectivity index is 1.94. The fourth-order valence-corrected chi connectivity index (χ4v) is 2.84. The van der Waals surface area contributed by atoms with Crippen molar-refractivity contribution in [3.63, 3.8) is 0 Å². The van der Waals surface area contributed by atoms with Gasteiger partial charge in [0.15, 0.2) is 0 Å². The molecule has 0 aliphatic carbocycles. The third-order valence-electron chi connectivity index (χ3n) is 2.92. The summed E-state index contributed by atoms with van der Waals surface area (Å²) in [5, 5.41) is 9.92. The maximum atomic E-state index is 12.1. The SMILES string of the molecule is Cc1ccc(S(=O)C[C@@H](O)/C=C\c2ccccc2)cc1. The Morgan fingerprint density at radius 1 is 1.10 bits per heavy atom. The zero-order chi connectivity index (χ0) is 14.4. The molecule has 0 amide bonds. The van der Waals surface area contributed by atoms with E-state index < -0.39 is 16.9 Å². The quantitative estimate of drug-likeness (QED) is 0.916. The van der Waals surface area contributed by atoms with Gasteiger partial charge in [-0.3, -0.25) is 4.21 Å². The molecule has 2 atom stereocenters. The molecule has 3 heteroatoms. The Morgan fingerprint density at radius 2 is 1.75 bits per heavy atom. The van der Waals surface area contributed by atoms with Gasteiger partial charge < -0.3 is 5.11 Å². The first-order chi connectivity index (χ1) is 9.65. The third-order valence-corrected chi connectivity index (χ3v) is 4.36. The fraction of sp³-hybridized carbons (Fsp3) is 0.176. The number of hydrogen-bond acceptors (Lipinski definition) is 2. The topological polar surface area (TPSA) is 37.3 Å². The standard InChI is InChI=1S/C17H18O2S/c1-14-7-11-17(12-8-14)20(19)13-16(18)10-9-15-5-3-2-4-6-15/h2-12,16,18H,13H2,1H3/b10-9-/t16-,20?/m0/s1. The minimum Gasteiger partial charge on any atom is -0.388 e. The lowest BCUT2D eigenvalue weighted by atomic mass is 10.2. The van der Waals surface area contributed by atoms with Gasteiger partial charge in [-0.05, 0) is 24.6 Å². The van der Waals surface area contributed by atoms with Crippen molar-refractivity contribution in [1.29, 1.82) is 0 Å². The van der Waals surface area contributed by atoms with Crippen LogP contribution < -0.4 is 0 Å². The van der Waals surface area contributed by atoms with Gasteiger partial charge in [-0.1, -0.05) is 60.2 Å². The Kier molecular flexibility index (Phi) is 5.27. The highest BCUT2D eigenvalue weighted by molar-refractivity contribution is 7.85. The molecule has 0 spiro atoms. The Bertz CT molecular complexity index is 588. The molecule has 1 N–H and O–H groups in total. The van der Waals surface area contributed by atoms with Crippen LogP contribution in [0.25, 0.3) is 6.08 Å². The summed E-state index contributed by atoms with van der Waals surface area (Å²) in [6.07, 6.45) is 2.82. The van der Waals surface area contributed by atoms with Gasteiger partial charge >= 0.3 is 0 Å². The molecule has 1 unspecified atom stereocenters. The Hall–Kier alpha value is -1.71. The lowest BCUT2D eigenvalue weighted by Gasteiger charge is -2.06. The van der Waals surface area contributed by atoms with E-state index in [1.807, 2.05) is 67.6 Å². The van der Waals surface area contributed by atoms with E-state index in [0.717, 1.165) is 16.0 Å². The molecule has 0 radical (unpaired) electrons. The lowest BCUT2D eigenvalue weighted by Crippen LogP contribution is -2.13. The number of hydrogen-bond donors (Lipinski definition) is 1. The Morgan fingerprint density at radius 3 is 2.40 bits per heavy atom. The second-order valence-corrected chi connectivity index (χ2v) is 6.16. The zero-order valence-electron chi connectivity index (χ0n) is 11.4. The molecule has 0 heterocycles. The van der Waals surface area contributed by atoms with Gasteiger partial charge in [-0.15, -0.1) is 0 Å². The first kappa shape index (κ1) is 14.7. The molecule has 20 heavy (non-hydrogen) atoms. The zero-order valence-corrected chi connectivity index (χ0v) is 12.2. The lowest BCUT2D eigenvalue weighted by molar-refractivity contribution is 0.248. The van der Waals surface area contributed by atoms with Crippen LogP contribution in [-0.2, 0) is 10.8 Å².